The van der Waals surface area contributed by atoms with Crippen LogP contribution in [0, 0.1) is 5.92 Å². The second kappa shape index (κ2) is 7.11. The molecule has 2 aliphatic rings. The molecule has 0 radical (unpaired) electrons. The van der Waals surface area contributed by atoms with Gasteiger partial charge in [0.1, 0.15) is 0 Å². The molecule has 0 aromatic heterocycles. The molecule has 0 saturated carbocycles. The van der Waals surface area contributed by atoms with Crippen molar-refractivity contribution in [3.63, 3.8) is 0 Å². The predicted octanol–water partition coefficient (Wildman–Crippen LogP) is 1.18. The number of piperidine rings is 1. The number of thioether (sulfide) groups is 1. The van der Waals surface area contributed by atoms with Crippen LogP contribution < -0.4 is 16.0 Å². The van der Waals surface area contributed by atoms with Gasteiger partial charge >= 0.3 is 6.03 Å². The van der Waals surface area contributed by atoms with Crippen molar-refractivity contribution >= 4 is 17.8 Å². The Kier molecular flexibility index (Phi) is 5.45. The van der Waals surface area contributed by atoms with Gasteiger partial charge in [-0.3, -0.25) is 0 Å². The summed E-state index contributed by atoms with van der Waals surface area (Å²) in [7, 11) is 0. The van der Waals surface area contributed by atoms with E-state index in [1.165, 1.54) is 24.3 Å². The molecule has 5 heteroatoms. The number of carbonyl (C=O) groups is 1. The quantitative estimate of drug-likeness (QED) is 0.711. The van der Waals surface area contributed by atoms with E-state index in [0.717, 1.165) is 32.5 Å². The monoisotopic (exact) mass is 257 g/mol. The number of urea groups is 1. The van der Waals surface area contributed by atoms with Crippen LogP contribution in [0.25, 0.3) is 0 Å². The van der Waals surface area contributed by atoms with Crippen LogP contribution in [-0.4, -0.2) is 43.2 Å². The van der Waals surface area contributed by atoms with Gasteiger partial charge in [0, 0.05) is 12.6 Å². The highest BCUT2D eigenvalue weighted by atomic mass is 32.2. The molecule has 2 aliphatic heterocycles. The lowest BCUT2D eigenvalue weighted by Crippen LogP contribution is -2.46. The lowest BCUT2D eigenvalue weighted by Gasteiger charge is -2.25. The van der Waals surface area contributed by atoms with Crippen molar-refractivity contribution in [2.75, 3.05) is 31.1 Å². The van der Waals surface area contributed by atoms with E-state index in [0.29, 0.717) is 12.0 Å². The van der Waals surface area contributed by atoms with Gasteiger partial charge < -0.3 is 16.0 Å². The second-order valence-corrected chi connectivity index (χ2v) is 6.18. The summed E-state index contributed by atoms with van der Waals surface area (Å²) in [6, 6.07) is 0.410. The van der Waals surface area contributed by atoms with Gasteiger partial charge in [-0.25, -0.2) is 4.79 Å². The number of amides is 2. The highest BCUT2D eigenvalue weighted by Gasteiger charge is 2.17. The Morgan fingerprint density at radius 3 is 2.82 bits per heavy atom. The molecule has 2 rings (SSSR count). The largest absolute Gasteiger partial charge is 0.338 e. The third-order valence-electron chi connectivity index (χ3n) is 3.51. The molecule has 0 bridgehead atoms. The van der Waals surface area contributed by atoms with E-state index in [-0.39, 0.29) is 6.03 Å². The summed E-state index contributed by atoms with van der Waals surface area (Å²) in [4.78, 5) is 11.7. The van der Waals surface area contributed by atoms with Crippen molar-refractivity contribution in [2.24, 2.45) is 5.92 Å². The van der Waals surface area contributed by atoms with Crippen LogP contribution in [-0.2, 0) is 0 Å². The smallest absolute Gasteiger partial charge is 0.315 e. The fraction of sp³-hybridized carbons (Fsp3) is 0.917. The zero-order valence-corrected chi connectivity index (χ0v) is 11.2. The topological polar surface area (TPSA) is 53.2 Å². The van der Waals surface area contributed by atoms with E-state index in [1.807, 2.05) is 11.8 Å². The minimum absolute atomic E-state index is 0.0208. The first-order chi connectivity index (χ1) is 8.34. The summed E-state index contributed by atoms with van der Waals surface area (Å²) in [6.45, 7) is 2.98. The molecule has 1 unspecified atom stereocenters. The molecule has 2 fully saturated rings. The van der Waals surface area contributed by atoms with E-state index < -0.39 is 0 Å². The summed E-state index contributed by atoms with van der Waals surface area (Å²) in [6.07, 6.45) is 4.69. The number of nitrogens with one attached hydrogen (secondary N) is 3. The van der Waals surface area contributed by atoms with E-state index in [1.54, 1.807) is 0 Å². The molecule has 4 nitrogen and oxygen atoms in total. The molecule has 17 heavy (non-hydrogen) atoms. The first-order valence-corrected chi connectivity index (χ1v) is 7.83. The Bertz CT molecular complexity index is 238. The summed E-state index contributed by atoms with van der Waals surface area (Å²) in [5, 5.41) is 9.44. The third kappa shape index (κ3) is 4.76. The van der Waals surface area contributed by atoms with Gasteiger partial charge in [-0.1, -0.05) is 0 Å². The Morgan fingerprint density at radius 2 is 2.12 bits per heavy atom. The van der Waals surface area contributed by atoms with E-state index in [4.69, 9.17) is 0 Å². The van der Waals surface area contributed by atoms with Crippen LogP contribution in [0.1, 0.15) is 25.7 Å². The Balaban J connectivity index is 1.59. The molecule has 98 valence electrons. The van der Waals surface area contributed by atoms with Crippen LogP contribution in [0.5, 0.6) is 0 Å². The minimum atomic E-state index is 0.0208. The average Bonchev–Trinajstić information content (AvgIpc) is 2.39. The van der Waals surface area contributed by atoms with Crippen molar-refractivity contribution in [1.82, 2.24) is 16.0 Å². The average molecular weight is 257 g/mol. The molecule has 2 heterocycles. The fourth-order valence-corrected chi connectivity index (χ4v) is 3.52. The van der Waals surface area contributed by atoms with Gasteiger partial charge in [0.25, 0.3) is 0 Å². The minimum Gasteiger partial charge on any atom is -0.338 e. The van der Waals surface area contributed by atoms with Gasteiger partial charge in [0.2, 0.25) is 0 Å². The zero-order valence-electron chi connectivity index (χ0n) is 10.3. The SMILES string of the molecule is O=C(NCC1CCCNC1)NC1CCSCC1. The van der Waals surface area contributed by atoms with Crippen molar-refractivity contribution in [2.45, 2.75) is 31.7 Å². The number of hydrogen-bond donors (Lipinski definition) is 3. The van der Waals surface area contributed by atoms with Crippen molar-refractivity contribution in [1.29, 1.82) is 0 Å². The third-order valence-corrected chi connectivity index (χ3v) is 4.56. The van der Waals surface area contributed by atoms with Crippen molar-refractivity contribution < 1.29 is 4.79 Å². The summed E-state index contributed by atoms with van der Waals surface area (Å²) < 4.78 is 0. The van der Waals surface area contributed by atoms with Crippen molar-refractivity contribution in [3.8, 4) is 0 Å². The lowest BCUT2D eigenvalue weighted by molar-refractivity contribution is 0.232. The molecule has 0 spiro atoms. The molecular weight excluding hydrogens is 234 g/mol. The number of hydrogen-bond acceptors (Lipinski definition) is 3. The Labute approximate surface area is 108 Å². The normalized spacial score (nSPS) is 26.5. The molecule has 2 amide bonds. The molecule has 3 N–H and O–H groups in total. The highest BCUT2D eigenvalue weighted by molar-refractivity contribution is 7.99. The van der Waals surface area contributed by atoms with E-state index in [9.17, 15) is 4.79 Å². The van der Waals surface area contributed by atoms with Crippen LogP contribution in [0.15, 0.2) is 0 Å². The Hall–Kier alpha value is -0.420. The summed E-state index contributed by atoms with van der Waals surface area (Å²) in [5.41, 5.74) is 0. The number of rotatable bonds is 3. The lowest BCUT2D eigenvalue weighted by atomic mass is 10.00. The molecular formula is C12H23N3OS. The standard InChI is InChI=1S/C12H23N3OS/c16-12(15-11-3-6-17-7-4-11)14-9-10-2-1-5-13-8-10/h10-11,13H,1-9H2,(H2,14,15,16). The van der Waals surface area contributed by atoms with Crippen LogP contribution >= 0.6 is 11.8 Å². The van der Waals surface area contributed by atoms with Gasteiger partial charge in [-0.15, -0.1) is 0 Å². The molecule has 1 atom stereocenters. The van der Waals surface area contributed by atoms with Crippen LogP contribution in [0.4, 0.5) is 4.79 Å². The van der Waals surface area contributed by atoms with E-state index in [2.05, 4.69) is 16.0 Å². The maximum atomic E-state index is 11.7. The highest BCUT2D eigenvalue weighted by Crippen LogP contribution is 2.16. The molecule has 0 aliphatic carbocycles. The van der Waals surface area contributed by atoms with Gasteiger partial charge in [0.15, 0.2) is 0 Å². The van der Waals surface area contributed by atoms with Crippen molar-refractivity contribution in [3.05, 3.63) is 0 Å². The van der Waals surface area contributed by atoms with Gasteiger partial charge in [-0.05, 0) is 56.2 Å². The first kappa shape index (κ1) is 13.0. The fourth-order valence-electron chi connectivity index (χ4n) is 2.41. The van der Waals surface area contributed by atoms with Gasteiger partial charge in [-0.2, -0.15) is 11.8 Å². The maximum absolute atomic E-state index is 11.7. The molecule has 0 aromatic carbocycles. The van der Waals surface area contributed by atoms with Crippen LogP contribution in [0.2, 0.25) is 0 Å². The first-order valence-electron chi connectivity index (χ1n) is 6.67. The second-order valence-electron chi connectivity index (χ2n) is 4.95. The van der Waals surface area contributed by atoms with Gasteiger partial charge in [0.05, 0.1) is 0 Å². The predicted molar refractivity (Wildman–Crippen MR) is 72.5 cm³/mol. The zero-order chi connectivity index (χ0) is 11.9. The molecule has 2 saturated heterocycles. The van der Waals surface area contributed by atoms with E-state index >= 15 is 0 Å². The Morgan fingerprint density at radius 1 is 1.29 bits per heavy atom. The summed E-state index contributed by atoms with van der Waals surface area (Å²) >= 11 is 1.98. The summed E-state index contributed by atoms with van der Waals surface area (Å²) in [5.74, 6) is 2.96. The van der Waals surface area contributed by atoms with Crippen LogP contribution in [0.3, 0.4) is 0 Å². The number of carbonyl (C=O) groups excluding carboxylic acids is 1. The molecule has 0 aromatic rings. The maximum Gasteiger partial charge on any atom is 0.315 e.